The fourth-order valence-electron chi connectivity index (χ4n) is 1.86. The molecule has 1 saturated heterocycles. The standard InChI is InChI=1S/C12H16N2O2S/c1-12(15)7-14(8-12)11(17)13-9-5-3-4-6-10(9)16-2/h3-6,15H,7-8H2,1-2H3,(H,13,17). The molecule has 0 aromatic heterocycles. The van der Waals surface area contributed by atoms with E-state index in [1.165, 1.54) is 0 Å². The normalized spacial score (nSPS) is 17.2. The van der Waals surface area contributed by atoms with Crippen LogP contribution in [0.1, 0.15) is 6.92 Å². The molecule has 1 aliphatic rings. The molecule has 2 N–H and O–H groups in total. The lowest BCUT2D eigenvalue weighted by Gasteiger charge is -2.45. The highest BCUT2D eigenvalue weighted by Gasteiger charge is 2.37. The third kappa shape index (κ3) is 2.68. The fraction of sp³-hybridized carbons (Fsp3) is 0.417. The van der Waals surface area contributed by atoms with Crippen LogP contribution in [0.3, 0.4) is 0 Å². The monoisotopic (exact) mass is 252 g/mol. The second-order valence-corrected chi connectivity index (χ2v) is 4.87. The van der Waals surface area contributed by atoms with Crippen LogP contribution in [0.2, 0.25) is 0 Å². The number of likely N-dealkylation sites (tertiary alicyclic amines) is 1. The second kappa shape index (κ2) is 4.50. The highest BCUT2D eigenvalue weighted by Crippen LogP contribution is 2.25. The van der Waals surface area contributed by atoms with Crippen molar-refractivity contribution < 1.29 is 9.84 Å². The van der Waals surface area contributed by atoms with E-state index in [-0.39, 0.29) is 0 Å². The molecule has 0 aliphatic carbocycles. The van der Waals surface area contributed by atoms with Crippen LogP contribution < -0.4 is 10.1 Å². The molecule has 2 rings (SSSR count). The molecular weight excluding hydrogens is 236 g/mol. The summed E-state index contributed by atoms with van der Waals surface area (Å²) in [5, 5.41) is 13.4. The van der Waals surface area contributed by atoms with Crippen LogP contribution in [0.25, 0.3) is 0 Å². The van der Waals surface area contributed by atoms with Crippen LogP contribution in [-0.2, 0) is 0 Å². The molecule has 92 valence electrons. The van der Waals surface area contributed by atoms with Crippen LogP contribution in [0.5, 0.6) is 5.75 Å². The predicted octanol–water partition coefficient (Wildman–Crippen LogP) is 1.46. The molecular formula is C12H16N2O2S. The van der Waals surface area contributed by atoms with E-state index in [0.29, 0.717) is 18.2 Å². The molecule has 1 fully saturated rings. The summed E-state index contributed by atoms with van der Waals surface area (Å²) in [6, 6.07) is 7.60. The lowest BCUT2D eigenvalue weighted by molar-refractivity contribution is -0.0484. The van der Waals surface area contributed by atoms with E-state index in [1.54, 1.807) is 14.0 Å². The molecule has 5 heteroatoms. The van der Waals surface area contributed by atoms with Gasteiger partial charge in [-0.15, -0.1) is 0 Å². The summed E-state index contributed by atoms with van der Waals surface area (Å²) in [5.74, 6) is 0.752. The van der Waals surface area contributed by atoms with Gasteiger partial charge in [0.15, 0.2) is 5.11 Å². The topological polar surface area (TPSA) is 44.7 Å². The maximum atomic E-state index is 9.65. The third-order valence-electron chi connectivity index (χ3n) is 2.70. The number of para-hydroxylation sites is 2. The van der Waals surface area contributed by atoms with E-state index < -0.39 is 5.60 Å². The molecule has 1 aromatic rings. The van der Waals surface area contributed by atoms with E-state index in [9.17, 15) is 5.11 Å². The van der Waals surface area contributed by atoms with E-state index in [4.69, 9.17) is 17.0 Å². The Hall–Kier alpha value is -1.33. The van der Waals surface area contributed by atoms with Gasteiger partial charge in [0, 0.05) is 0 Å². The number of hydrogen-bond acceptors (Lipinski definition) is 3. The van der Waals surface area contributed by atoms with Crippen molar-refractivity contribution in [2.45, 2.75) is 12.5 Å². The lowest BCUT2D eigenvalue weighted by Crippen LogP contribution is -2.62. The van der Waals surface area contributed by atoms with Crippen molar-refractivity contribution in [3.8, 4) is 5.75 Å². The van der Waals surface area contributed by atoms with Crippen molar-refractivity contribution in [2.24, 2.45) is 0 Å². The van der Waals surface area contributed by atoms with Crippen LogP contribution in [0, 0.1) is 0 Å². The van der Waals surface area contributed by atoms with Crippen molar-refractivity contribution >= 4 is 23.0 Å². The first kappa shape index (κ1) is 12.1. The molecule has 17 heavy (non-hydrogen) atoms. The lowest BCUT2D eigenvalue weighted by atomic mass is 9.98. The number of nitrogens with zero attached hydrogens (tertiary/aromatic N) is 1. The number of β-amino-alcohol motifs (C(OH)–C–C–N with tert-alkyl or cyclic N) is 1. The van der Waals surface area contributed by atoms with Gasteiger partial charge in [0.05, 0.1) is 31.5 Å². The summed E-state index contributed by atoms with van der Waals surface area (Å²) in [5.41, 5.74) is 0.221. The van der Waals surface area contributed by atoms with Crippen molar-refractivity contribution in [3.05, 3.63) is 24.3 Å². The van der Waals surface area contributed by atoms with E-state index >= 15 is 0 Å². The van der Waals surface area contributed by atoms with Crippen molar-refractivity contribution in [2.75, 3.05) is 25.5 Å². The molecule has 0 atom stereocenters. The Morgan fingerprint density at radius 2 is 2.12 bits per heavy atom. The minimum absolute atomic E-state index is 0.563. The van der Waals surface area contributed by atoms with Gasteiger partial charge in [0.25, 0.3) is 0 Å². The number of thiocarbonyl (C=S) groups is 1. The van der Waals surface area contributed by atoms with Gasteiger partial charge in [0.2, 0.25) is 0 Å². The summed E-state index contributed by atoms with van der Waals surface area (Å²) in [4.78, 5) is 1.92. The van der Waals surface area contributed by atoms with E-state index in [2.05, 4.69) is 5.32 Å². The van der Waals surface area contributed by atoms with Crippen LogP contribution >= 0.6 is 12.2 Å². The average molecular weight is 252 g/mol. The maximum absolute atomic E-state index is 9.65. The molecule has 0 amide bonds. The summed E-state index contributed by atoms with van der Waals surface area (Å²) in [7, 11) is 1.62. The van der Waals surface area contributed by atoms with Gasteiger partial charge < -0.3 is 20.1 Å². The molecule has 0 spiro atoms. The quantitative estimate of drug-likeness (QED) is 0.780. The molecule has 1 aliphatic heterocycles. The zero-order chi connectivity index (χ0) is 12.5. The Balaban J connectivity index is 1.99. The van der Waals surface area contributed by atoms with Gasteiger partial charge in [0.1, 0.15) is 5.75 Å². The maximum Gasteiger partial charge on any atom is 0.173 e. The molecule has 0 bridgehead atoms. The first-order valence-corrected chi connectivity index (χ1v) is 5.84. The number of methoxy groups -OCH3 is 1. The number of benzene rings is 1. The van der Waals surface area contributed by atoms with Crippen molar-refractivity contribution in [1.29, 1.82) is 0 Å². The summed E-state index contributed by atoms with van der Waals surface area (Å²) in [6.07, 6.45) is 0. The number of nitrogens with one attached hydrogen (secondary N) is 1. The number of hydrogen-bond donors (Lipinski definition) is 2. The first-order chi connectivity index (χ1) is 8.02. The number of ether oxygens (including phenoxy) is 1. The SMILES string of the molecule is COc1ccccc1NC(=S)N1CC(C)(O)C1. The highest BCUT2D eigenvalue weighted by molar-refractivity contribution is 7.80. The number of anilines is 1. The van der Waals surface area contributed by atoms with Gasteiger partial charge in [-0.2, -0.15) is 0 Å². The molecule has 1 aromatic carbocycles. The predicted molar refractivity (Wildman–Crippen MR) is 71.4 cm³/mol. The molecule has 1 heterocycles. The second-order valence-electron chi connectivity index (χ2n) is 4.48. The third-order valence-corrected chi connectivity index (χ3v) is 3.06. The highest BCUT2D eigenvalue weighted by atomic mass is 32.1. The van der Waals surface area contributed by atoms with E-state index in [0.717, 1.165) is 11.4 Å². The molecule has 0 radical (unpaired) electrons. The molecule has 0 saturated carbocycles. The minimum Gasteiger partial charge on any atom is -0.495 e. The minimum atomic E-state index is -0.619. The number of rotatable bonds is 2. The van der Waals surface area contributed by atoms with Gasteiger partial charge in [-0.25, -0.2) is 0 Å². The molecule has 4 nitrogen and oxygen atoms in total. The largest absolute Gasteiger partial charge is 0.495 e. The number of aliphatic hydroxyl groups is 1. The van der Waals surface area contributed by atoms with Gasteiger partial charge in [-0.05, 0) is 31.3 Å². The Kier molecular flexibility index (Phi) is 3.22. The summed E-state index contributed by atoms with van der Waals surface area (Å²) < 4.78 is 5.23. The Bertz CT molecular complexity index is 426. The van der Waals surface area contributed by atoms with Crippen molar-refractivity contribution in [3.63, 3.8) is 0 Å². The van der Waals surface area contributed by atoms with Gasteiger partial charge in [-0.3, -0.25) is 0 Å². The van der Waals surface area contributed by atoms with Crippen molar-refractivity contribution in [1.82, 2.24) is 4.90 Å². The van der Waals surface area contributed by atoms with E-state index in [1.807, 2.05) is 29.2 Å². The van der Waals surface area contributed by atoms with Gasteiger partial charge >= 0.3 is 0 Å². The zero-order valence-corrected chi connectivity index (χ0v) is 10.8. The summed E-state index contributed by atoms with van der Waals surface area (Å²) in [6.45, 7) is 2.93. The van der Waals surface area contributed by atoms with Crippen LogP contribution in [-0.4, -0.2) is 40.9 Å². The Labute approximate surface area is 106 Å². The van der Waals surface area contributed by atoms with Crippen LogP contribution in [0.15, 0.2) is 24.3 Å². The Morgan fingerprint density at radius 1 is 1.47 bits per heavy atom. The summed E-state index contributed by atoms with van der Waals surface area (Å²) >= 11 is 5.27. The zero-order valence-electron chi connectivity index (χ0n) is 9.93. The molecule has 0 unspecified atom stereocenters. The smallest absolute Gasteiger partial charge is 0.173 e. The van der Waals surface area contributed by atoms with Crippen LogP contribution in [0.4, 0.5) is 5.69 Å². The average Bonchev–Trinajstić information content (AvgIpc) is 2.26. The fourth-order valence-corrected chi connectivity index (χ4v) is 2.10. The Morgan fingerprint density at radius 3 is 2.71 bits per heavy atom. The first-order valence-electron chi connectivity index (χ1n) is 5.43. The van der Waals surface area contributed by atoms with Gasteiger partial charge in [-0.1, -0.05) is 12.1 Å².